The van der Waals surface area contributed by atoms with Gasteiger partial charge in [0, 0.05) is 48.5 Å². The summed E-state index contributed by atoms with van der Waals surface area (Å²) < 4.78 is 23.0. The van der Waals surface area contributed by atoms with Gasteiger partial charge >= 0.3 is 0 Å². The fraction of sp³-hybridized carbons (Fsp3) is 0.273. The highest BCUT2D eigenvalue weighted by Crippen LogP contribution is 2.35. The molecule has 0 saturated heterocycles. The van der Waals surface area contributed by atoms with E-state index in [2.05, 4.69) is 16.0 Å². The first kappa shape index (κ1) is 30.8. The van der Waals surface area contributed by atoms with E-state index in [1.54, 1.807) is 67.8 Å². The number of aliphatic hydroxyl groups excluding tert-OH is 1. The van der Waals surface area contributed by atoms with Gasteiger partial charge in [-0.25, -0.2) is 0 Å². The van der Waals surface area contributed by atoms with Crippen molar-refractivity contribution in [1.82, 2.24) is 9.97 Å². The van der Waals surface area contributed by atoms with E-state index >= 15 is 0 Å². The van der Waals surface area contributed by atoms with E-state index in [0.29, 0.717) is 52.7 Å². The number of rotatable bonds is 7. The van der Waals surface area contributed by atoms with Gasteiger partial charge in [-0.3, -0.25) is 9.97 Å². The Kier molecular flexibility index (Phi) is 9.79. The quantitative estimate of drug-likeness (QED) is 0.286. The first-order valence-electron chi connectivity index (χ1n) is 13.5. The van der Waals surface area contributed by atoms with Crippen LogP contribution in [0.3, 0.4) is 0 Å². The lowest BCUT2D eigenvalue weighted by molar-refractivity contribution is -0.181. The molecule has 0 amide bonds. The molecule has 1 aliphatic rings. The van der Waals surface area contributed by atoms with Crippen molar-refractivity contribution in [2.45, 2.75) is 59.9 Å². The van der Waals surface area contributed by atoms with E-state index in [1.165, 1.54) is 0 Å². The van der Waals surface area contributed by atoms with Gasteiger partial charge in [0.25, 0.3) is 0 Å². The predicted octanol–water partition coefficient (Wildman–Crippen LogP) is 5.52. The molecule has 10 nitrogen and oxygen atoms in total. The Morgan fingerprint density at radius 3 is 1.88 bits per heavy atom. The highest BCUT2D eigenvalue weighted by Gasteiger charge is 2.30. The van der Waals surface area contributed by atoms with E-state index in [9.17, 15) is 10.2 Å². The van der Waals surface area contributed by atoms with Crippen LogP contribution in [0.5, 0.6) is 23.0 Å². The molecule has 0 saturated carbocycles. The summed E-state index contributed by atoms with van der Waals surface area (Å²) in [6.07, 6.45) is 3.37. The molecule has 1 aliphatic heterocycles. The molecule has 0 atom stereocenters. The van der Waals surface area contributed by atoms with Crippen LogP contribution in [-0.4, -0.2) is 26.0 Å². The Balaban J connectivity index is 0.000000199. The Labute approximate surface area is 250 Å². The van der Waals surface area contributed by atoms with Gasteiger partial charge in [0.1, 0.15) is 36.2 Å². The van der Waals surface area contributed by atoms with Gasteiger partial charge in [0.05, 0.1) is 47.9 Å². The number of aryl methyl sites for hydroxylation is 2. The average molecular weight is 581 g/mol. The molecule has 10 heteroatoms. The van der Waals surface area contributed by atoms with Gasteiger partial charge in [0.2, 0.25) is 5.79 Å². The van der Waals surface area contributed by atoms with Crippen molar-refractivity contribution < 1.29 is 29.2 Å². The maximum absolute atomic E-state index is 9.83. The van der Waals surface area contributed by atoms with Crippen molar-refractivity contribution >= 4 is 0 Å². The van der Waals surface area contributed by atoms with Gasteiger partial charge in [-0.2, -0.15) is 10.5 Å². The number of hydrogen-bond donors (Lipinski definition) is 2. The summed E-state index contributed by atoms with van der Waals surface area (Å²) in [5.74, 6) is 1.44. The first-order chi connectivity index (χ1) is 20.6. The number of benzene rings is 2. The number of hydrogen-bond acceptors (Lipinski definition) is 10. The zero-order valence-corrected chi connectivity index (χ0v) is 24.4. The van der Waals surface area contributed by atoms with Crippen molar-refractivity contribution in [3.8, 4) is 35.1 Å². The Morgan fingerprint density at radius 1 is 0.837 bits per heavy atom. The molecule has 3 heterocycles. The third-order valence-electron chi connectivity index (χ3n) is 6.66. The molecule has 2 aromatic heterocycles. The number of aliphatic hydroxyl groups is 1. The summed E-state index contributed by atoms with van der Waals surface area (Å²) in [7, 11) is 0. The molecule has 2 N–H and O–H groups in total. The van der Waals surface area contributed by atoms with E-state index in [4.69, 9.17) is 29.5 Å². The van der Waals surface area contributed by atoms with Crippen molar-refractivity contribution in [1.29, 1.82) is 10.5 Å². The SMILES string of the molecule is Cc1ncc(COc2ccc(C#N)cc2)c(CO)c1O.Cc1ncc(COc2ccc(C#N)cc2)c2c1OC(C)(C)OC2. The maximum atomic E-state index is 9.83. The third kappa shape index (κ3) is 7.77. The Morgan fingerprint density at radius 2 is 1.35 bits per heavy atom. The minimum absolute atomic E-state index is 0.00608. The van der Waals surface area contributed by atoms with Crippen LogP contribution >= 0.6 is 0 Å². The van der Waals surface area contributed by atoms with Crippen molar-refractivity contribution in [2.75, 3.05) is 0 Å². The standard InChI is InChI=1S/C18H18N2O3.C15H14N2O3/c1-12-17-16(11-22-18(2,3)23-17)14(9-20-12)10-21-15-6-4-13(8-19)5-7-15;1-10-15(19)14(8-18)12(7-17-10)9-20-13-4-2-11(6-16)3-5-13/h4-7,9H,10-11H2,1-3H3;2-5,7,18-19H,8-9H2,1H3. The van der Waals surface area contributed by atoms with Crippen LogP contribution < -0.4 is 14.2 Å². The van der Waals surface area contributed by atoms with Crippen molar-refractivity contribution in [2.24, 2.45) is 0 Å². The maximum Gasteiger partial charge on any atom is 0.205 e. The molecule has 5 rings (SSSR count). The minimum Gasteiger partial charge on any atom is -0.506 e. The van der Waals surface area contributed by atoms with Crippen molar-refractivity contribution in [3.63, 3.8) is 0 Å². The summed E-state index contributed by atoms with van der Waals surface area (Å²) in [6.45, 7) is 8.10. The summed E-state index contributed by atoms with van der Waals surface area (Å²) in [5, 5.41) is 36.7. The number of nitriles is 2. The highest BCUT2D eigenvalue weighted by atomic mass is 16.7. The van der Waals surface area contributed by atoms with Crippen LogP contribution in [0.25, 0.3) is 0 Å². The van der Waals surface area contributed by atoms with E-state index in [0.717, 1.165) is 22.6 Å². The highest BCUT2D eigenvalue weighted by molar-refractivity contribution is 5.43. The lowest BCUT2D eigenvalue weighted by atomic mass is 10.1. The first-order valence-corrected chi connectivity index (χ1v) is 13.5. The molecule has 0 bridgehead atoms. The third-order valence-corrected chi connectivity index (χ3v) is 6.66. The molecule has 43 heavy (non-hydrogen) atoms. The fourth-order valence-electron chi connectivity index (χ4n) is 4.17. The van der Waals surface area contributed by atoms with Crippen LogP contribution in [0.1, 0.15) is 58.6 Å². The fourth-order valence-corrected chi connectivity index (χ4v) is 4.17. The zero-order chi connectivity index (χ0) is 31.0. The second kappa shape index (κ2) is 13.7. The average Bonchev–Trinajstić information content (AvgIpc) is 3.02. The van der Waals surface area contributed by atoms with E-state index in [1.807, 2.05) is 26.8 Å². The number of pyridine rings is 2. The number of fused-ring (bicyclic) bond motifs is 1. The zero-order valence-electron chi connectivity index (χ0n) is 24.4. The Hall–Kier alpha value is -5.16. The molecule has 0 unspecified atom stereocenters. The van der Waals surface area contributed by atoms with E-state index in [-0.39, 0.29) is 19.0 Å². The van der Waals surface area contributed by atoms with Crippen LogP contribution in [0, 0.1) is 36.5 Å². The van der Waals surface area contributed by atoms with Gasteiger partial charge < -0.3 is 29.2 Å². The normalized spacial score (nSPS) is 12.8. The summed E-state index contributed by atoms with van der Waals surface area (Å²) in [5.41, 5.74) is 5.44. The van der Waals surface area contributed by atoms with Crippen molar-refractivity contribution in [3.05, 3.63) is 106 Å². The van der Waals surface area contributed by atoms with Crippen LogP contribution in [-0.2, 0) is 31.2 Å². The molecule has 220 valence electrons. The smallest absolute Gasteiger partial charge is 0.205 e. The lowest BCUT2D eigenvalue weighted by Crippen LogP contribution is -2.36. The second-order valence-electron chi connectivity index (χ2n) is 10.2. The van der Waals surface area contributed by atoms with Gasteiger partial charge in [0.15, 0.2) is 0 Å². The molecule has 0 radical (unpaired) electrons. The van der Waals surface area contributed by atoms with Gasteiger partial charge in [-0.15, -0.1) is 0 Å². The monoisotopic (exact) mass is 580 g/mol. The molecule has 0 aliphatic carbocycles. The van der Waals surface area contributed by atoms with Gasteiger partial charge in [-0.1, -0.05) is 0 Å². The van der Waals surface area contributed by atoms with Crippen LogP contribution in [0.2, 0.25) is 0 Å². The largest absolute Gasteiger partial charge is 0.506 e. The number of nitrogens with zero attached hydrogens (tertiary/aromatic N) is 4. The van der Waals surface area contributed by atoms with Crippen LogP contribution in [0.4, 0.5) is 0 Å². The number of ether oxygens (including phenoxy) is 4. The summed E-state index contributed by atoms with van der Waals surface area (Å²) >= 11 is 0. The second-order valence-corrected chi connectivity index (χ2v) is 10.2. The summed E-state index contributed by atoms with van der Waals surface area (Å²) in [4.78, 5) is 8.44. The molecule has 0 fully saturated rings. The molecule has 4 aromatic rings. The van der Waals surface area contributed by atoms with E-state index < -0.39 is 5.79 Å². The molecule has 2 aromatic carbocycles. The number of aromatic nitrogens is 2. The topological polar surface area (TPSA) is 151 Å². The lowest BCUT2D eigenvalue weighted by Gasteiger charge is -2.34. The van der Waals surface area contributed by atoms with Gasteiger partial charge in [-0.05, 0) is 62.4 Å². The minimum atomic E-state index is -0.647. The molecular formula is C33H32N4O6. The van der Waals surface area contributed by atoms with Crippen LogP contribution in [0.15, 0.2) is 60.9 Å². The molecule has 0 spiro atoms. The predicted molar refractivity (Wildman–Crippen MR) is 156 cm³/mol. The Bertz CT molecular complexity index is 1660. The molecular weight excluding hydrogens is 548 g/mol. The number of aromatic hydroxyl groups is 1. The summed E-state index contributed by atoms with van der Waals surface area (Å²) in [6, 6.07) is 17.8.